The van der Waals surface area contributed by atoms with E-state index in [1.807, 2.05) is 62.4 Å². The number of nitrogens with one attached hydrogen (secondary N) is 5. The van der Waals surface area contributed by atoms with Gasteiger partial charge in [-0.05, 0) is 48.4 Å². The maximum Gasteiger partial charge on any atom is 0.326 e. The van der Waals surface area contributed by atoms with Gasteiger partial charge in [0.2, 0.25) is 17.7 Å². The van der Waals surface area contributed by atoms with Crippen molar-refractivity contribution in [2.75, 3.05) is 6.54 Å². The van der Waals surface area contributed by atoms with Gasteiger partial charge in [-0.25, -0.2) is 4.79 Å². The number of nitrogens with two attached hydrogens (primary N) is 3. The van der Waals surface area contributed by atoms with Crippen molar-refractivity contribution < 1.29 is 24.3 Å². The summed E-state index contributed by atoms with van der Waals surface area (Å²) in [6, 6.07) is 10.7. The molecule has 0 fully saturated rings. The number of benzene rings is 2. The van der Waals surface area contributed by atoms with E-state index in [9.17, 15) is 24.3 Å². The summed E-state index contributed by atoms with van der Waals surface area (Å²) in [6.45, 7) is 4.08. The first-order valence-electron chi connectivity index (χ1n) is 16.0. The molecule has 12 N–H and O–H groups in total. The summed E-state index contributed by atoms with van der Waals surface area (Å²) in [4.78, 5) is 63.4. The molecule has 0 aliphatic heterocycles. The summed E-state index contributed by atoms with van der Waals surface area (Å²) in [6.07, 6.45) is 4.45. The molecule has 0 radical (unpaired) electrons. The molecule has 3 amide bonds. The molecule has 14 heteroatoms. The molecule has 2 aromatic heterocycles. The van der Waals surface area contributed by atoms with E-state index in [1.54, 1.807) is 12.4 Å². The quantitative estimate of drug-likeness (QED) is 0.0454. The third-order valence-corrected chi connectivity index (χ3v) is 8.09. The normalized spacial score (nSPS) is 13.8. The van der Waals surface area contributed by atoms with Crippen molar-refractivity contribution >= 4 is 51.5 Å². The number of hydrogen-bond acceptors (Lipinski definition) is 6. The van der Waals surface area contributed by atoms with E-state index in [-0.39, 0.29) is 37.7 Å². The molecule has 0 aliphatic carbocycles. The van der Waals surface area contributed by atoms with Crippen LogP contribution in [-0.2, 0) is 32.0 Å². The molecule has 2 heterocycles. The lowest BCUT2D eigenvalue weighted by atomic mass is 10.00. The van der Waals surface area contributed by atoms with Gasteiger partial charge < -0.3 is 48.2 Å². The van der Waals surface area contributed by atoms with Crippen LogP contribution in [0.2, 0.25) is 0 Å². The Morgan fingerprint density at radius 3 is 1.73 bits per heavy atom. The second-order valence-electron chi connectivity index (χ2n) is 12.3. The maximum atomic E-state index is 14.1. The zero-order valence-corrected chi connectivity index (χ0v) is 27.2. The van der Waals surface area contributed by atoms with E-state index in [1.165, 1.54) is 0 Å². The zero-order valence-electron chi connectivity index (χ0n) is 27.2. The minimum atomic E-state index is -1.26. The van der Waals surface area contributed by atoms with Crippen molar-refractivity contribution in [2.24, 2.45) is 28.1 Å². The lowest BCUT2D eigenvalue weighted by molar-refractivity contribution is -0.142. The molecular formula is C34H45N9O5. The average molecular weight is 660 g/mol. The van der Waals surface area contributed by atoms with Gasteiger partial charge >= 0.3 is 5.97 Å². The number of hydrogen-bond donors (Lipinski definition) is 9. The van der Waals surface area contributed by atoms with E-state index >= 15 is 0 Å². The van der Waals surface area contributed by atoms with Gasteiger partial charge in [0.1, 0.15) is 18.1 Å². The van der Waals surface area contributed by atoms with Crippen molar-refractivity contribution in [1.82, 2.24) is 25.9 Å². The van der Waals surface area contributed by atoms with Crippen LogP contribution in [0, 0.1) is 5.92 Å². The number of carbonyl (C=O) groups is 4. The standard InChI is InChI=1S/C34H45N9O5/c1-19(2)14-24(35)30(44)42-28(15-20-17-39-25-10-5-3-8-22(20)25)32(46)43-29(16-21-18-40-26-11-6-4-9-23(21)26)31(45)41-27(33(47)48)12-7-13-38-34(36)37/h3-6,8-11,17-19,24,27-29,39-40H,7,12-16,35H2,1-2H3,(H,41,45)(H,42,44)(H,43,46)(H,47,48)(H4,36,37,38). The van der Waals surface area contributed by atoms with Crippen molar-refractivity contribution in [3.05, 3.63) is 72.1 Å². The minimum absolute atomic E-state index is 0.0442. The Morgan fingerprint density at radius 1 is 0.771 bits per heavy atom. The Labute approximate surface area is 278 Å². The maximum absolute atomic E-state index is 14.1. The monoisotopic (exact) mass is 659 g/mol. The van der Waals surface area contributed by atoms with Gasteiger partial charge in [0.15, 0.2) is 5.96 Å². The van der Waals surface area contributed by atoms with Gasteiger partial charge in [-0.2, -0.15) is 0 Å². The van der Waals surface area contributed by atoms with E-state index in [0.717, 1.165) is 32.9 Å². The number of rotatable bonds is 17. The fourth-order valence-corrected chi connectivity index (χ4v) is 5.66. The molecule has 0 bridgehead atoms. The SMILES string of the molecule is CC(C)CC(N)C(=O)NC(Cc1c[nH]c2ccccc12)C(=O)NC(Cc1c[nH]c2ccccc12)C(=O)NC(CCCN=C(N)N)C(=O)O. The highest BCUT2D eigenvalue weighted by atomic mass is 16.4. The molecule has 2 aromatic carbocycles. The topological polar surface area (TPSA) is 247 Å². The fourth-order valence-electron chi connectivity index (χ4n) is 5.66. The zero-order chi connectivity index (χ0) is 34.8. The molecule has 4 aromatic rings. The lowest BCUT2D eigenvalue weighted by Crippen LogP contribution is -2.58. The molecule has 14 nitrogen and oxygen atoms in total. The lowest BCUT2D eigenvalue weighted by Gasteiger charge is -2.25. The van der Waals surface area contributed by atoms with Crippen LogP contribution in [0.5, 0.6) is 0 Å². The largest absolute Gasteiger partial charge is 0.480 e. The molecule has 48 heavy (non-hydrogen) atoms. The van der Waals surface area contributed by atoms with Gasteiger partial charge in [0.05, 0.1) is 6.04 Å². The molecule has 0 saturated carbocycles. The van der Waals surface area contributed by atoms with Crippen molar-refractivity contribution in [3.8, 4) is 0 Å². The number of aliphatic imine (C=N–C) groups is 1. The van der Waals surface area contributed by atoms with Crippen molar-refractivity contribution in [3.63, 3.8) is 0 Å². The number of carbonyl (C=O) groups excluding carboxylic acids is 3. The Bertz CT molecular complexity index is 1760. The second-order valence-corrected chi connectivity index (χ2v) is 12.3. The Balaban J connectivity index is 1.61. The Morgan fingerprint density at radius 2 is 1.25 bits per heavy atom. The molecule has 0 saturated heterocycles. The smallest absolute Gasteiger partial charge is 0.326 e. The third-order valence-electron chi connectivity index (χ3n) is 8.09. The third kappa shape index (κ3) is 9.58. The van der Waals surface area contributed by atoms with Gasteiger partial charge in [0, 0.05) is 53.6 Å². The minimum Gasteiger partial charge on any atom is -0.480 e. The number of nitrogens with zero attached hydrogens (tertiary/aromatic N) is 1. The molecule has 4 atom stereocenters. The summed E-state index contributed by atoms with van der Waals surface area (Å²) in [7, 11) is 0. The van der Waals surface area contributed by atoms with Crippen LogP contribution in [0.1, 0.15) is 44.2 Å². The van der Waals surface area contributed by atoms with Crippen LogP contribution in [0.3, 0.4) is 0 Å². The molecule has 0 spiro atoms. The van der Waals surface area contributed by atoms with Crippen LogP contribution in [0.15, 0.2) is 65.9 Å². The first kappa shape index (κ1) is 35.5. The molecule has 0 aliphatic rings. The average Bonchev–Trinajstić information content (AvgIpc) is 3.65. The number of aromatic nitrogens is 2. The van der Waals surface area contributed by atoms with Crippen molar-refractivity contribution in [2.45, 2.75) is 70.1 Å². The Hall–Kier alpha value is -5.37. The number of H-pyrrole nitrogens is 2. The number of carboxylic acid groups (broad SMARTS) is 1. The fraction of sp³-hybridized carbons (Fsp3) is 0.382. The number of para-hydroxylation sites is 2. The summed E-state index contributed by atoms with van der Waals surface area (Å²) >= 11 is 0. The molecular weight excluding hydrogens is 614 g/mol. The van der Waals surface area contributed by atoms with Crippen LogP contribution < -0.4 is 33.2 Å². The highest BCUT2D eigenvalue weighted by Gasteiger charge is 2.31. The summed E-state index contributed by atoms with van der Waals surface area (Å²) in [5.41, 5.74) is 20.1. The van der Waals surface area contributed by atoms with E-state index < -0.39 is 47.9 Å². The van der Waals surface area contributed by atoms with Crippen LogP contribution in [0.4, 0.5) is 0 Å². The molecule has 4 unspecified atom stereocenters. The van der Waals surface area contributed by atoms with Gasteiger partial charge in [0.25, 0.3) is 0 Å². The number of amides is 3. The van der Waals surface area contributed by atoms with Gasteiger partial charge in [-0.15, -0.1) is 0 Å². The number of guanidine groups is 1. The number of aromatic amines is 2. The Kier molecular flexibility index (Phi) is 12.2. The summed E-state index contributed by atoms with van der Waals surface area (Å²) in [5, 5.41) is 19.8. The number of aliphatic carboxylic acids is 1. The van der Waals surface area contributed by atoms with E-state index in [2.05, 4.69) is 30.9 Å². The van der Waals surface area contributed by atoms with Gasteiger partial charge in [-0.3, -0.25) is 19.4 Å². The van der Waals surface area contributed by atoms with Crippen molar-refractivity contribution in [1.29, 1.82) is 0 Å². The van der Waals surface area contributed by atoms with E-state index in [4.69, 9.17) is 17.2 Å². The highest BCUT2D eigenvalue weighted by molar-refractivity contribution is 5.95. The van der Waals surface area contributed by atoms with E-state index in [0.29, 0.717) is 12.8 Å². The van der Waals surface area contributed by atoms with Crippen LogP contribution >= 0.6 is 0 Å². The summed E-state index contributed by atoms with van der Waals surface area (Å²) < 4.78 is 0. The molecule has 256 valence electrons. The highest BCUT2D eigenvalue weighted by Crippen LogP contribution is 2.21. The molecule has 4 rings (SSSR count). The van der Waals surface area contributed by atoms with Gasteiger partial charge in [-0.1, -0.05) is 50.2 Å². The summed E-state index contributed by atoms with van der Waals surface area (Å²) in [5.74, 6) is -3.02. The second kappa shape index (κ2) is 16.5. The number of carboxylic acids is 1. The first-order valence-corrected chi connectivity index (χ1v) is 16.0. The van der Waals surface area contributed by atoms with Crippen LogP contribution in [0.25, 0.3) is 21.8 Å². The van der Waals surface area contributed by atoms with Crippen LogP contribution in [-0.4, -0.2) is 75.4 Å². The number of fused-ring (bicyclic) bond motifs is 2. The first-order chi connectivity index (χ1) is 22.9. The predicted molar refractivity (Wildman–Crippen MR) is 185 cm³/mol. The predicted octanol–water partition coefficient (Wildman–Crippen LogP) is 1.40.